The van der Waals surface area contributed by atoms with Gasteiger partial charge in [-0.2, -0.15) is 0 Å². The summed E-state index contributed by atoms with van der Waals surface area (Å²) in [7, 11) is 4.99. The Morgan fingerprint density at radius 2 is 1.86 bits per heavy atom. The van der Waals surface area contributed by atoms with Crippen LogP contribution in [-0.2, 0) is 12.0 Å². The van der Waals surface area contributed by atoms with E-state index in [9.17, 15) is 4.39 Å². The molecule has 2 aromatic carbocycles. The summed E-state index contributed by atoms with van der Waals surface area (Å²) >= 11 is 0. The van der Waals surface area contributed by atoms with Crippen LogP contribution in [0.5, 0.6) is 11.5 Å². The molecule has 0 atom stereocenters. The molecule has 152 valence electrons. The molecule has 0 aliphatic heterocycles. The Kier molecular flexibility index (Phi) is 7.91. The van der Waals surface area contributed by atoms with Crippen molar-refractivity contribution in [2.24, 2.45) is 4.99 Å². The highest BCUT2D eigenvalue weighted by molar-refractivity contribution is 14.0. The third-order valence-electron chi connectivity index (χ3n) is 5.04. The second-order valence-electron chi connectivity index (χ2n) is 6.72. The minimum atomic E-state index is -0.189. The monoisotopic (exact) mass is 499 g/mol. The summed E-state index contributed by atoms with van der Waals surface area (Å²) in [4.78, 5) is 4.29. The maximum Gasteiger partial charge on any atom is 0.191 e. The predicted octanol–water partition coefficient (Wildman–Crippen LogP) is 3.86. The van der Waals surface area contributed by atoms with Gasteiger partial charge >= 0.3 is 0 Å². The van der Waals surface area contributed by atoms with Gasteiger partial charge in [-0.25, -0.2) is 4.39 Å². The molecule has 2 N–H and O–H groups in total. The number of nitrogens with one attached hydrogen (secondary N) is 2. The molecule has 0 aromatic heterocycles. The molecule has 0 bridgehead atoms. The average molecular weight is 499 g/mol. The molecule has 1 aliphatic carbocycles. The van der Waals surface area contributed by atoms with Crippen molar-refractivity contribution in [1.29, 1.82) is 0 Å². The van der Waals surface area contributed by atoms with Gasteiger partial charge in [0.25, 0.3) is 0 Å². The lowest BCUT2D eigenvalue weighted by molar-refractivity contribution is 0.351. The van der Waals surface area contributed by atoms with E-state index in [1.807, 2.05) is 24.3 Å². The van der Waals surface area contributed by atoms with Crippen molar-refractivity contribution < 1.29 is 13.9 Å². The highest BCUT2D eigenvalue weighted by Crippen LogP contribution is 2.47. The van der Waals surface area contributed by atoms with Crippen molar-refractivity contribution in [2.75, 3.05) is 27.8 Å². The summed E-state index contributed by atoms with van der Waals surface area (Å²) in [6.07, 6.45) is 2.09. The van der Waals surface area contributed by atoms with Crippen LogP contribution in [0.3, 0.4) is 0 Å². The number of hydrogen-bond donors (Lipinski definition) is 2. The first-order valence-corrected chi connectivity index (χ1v) is 9.02. The molecular weight excluding hydrogens is 472 g/mol. The van der Waals surface area contributed by atoms with Crippen LogP contribution in [-0.4, -0.2) is 33.8 Å². The summed E-state index contributed by atoms with van der Waals surface area (Å²) < 4.78 is 24.4. The lowest BCUT2D eigenvalue weighted by atomic mass is 9.96. The number of hydrogen-bond acceptors (Lipinski definition) is 3. The number of nitrogens with zero attached hydrogens (tertiary/aromatic N) is 1. The molecule has 1 aliphatic rings. The largest absolute Gasteiger partial charge is 0.493 e. The molecule has 1 saturated carbocycles. The van der Waals surface area contributed by atoms with E-state index in [1.54, 1.807) is 33.4 Å². The molecule has 7 heteroatoms. The SMILES string of the molecule is CN=C(NCc1cccc(OC)c1OC)NCC1(c2cccc(F)c2)CC1.I. The summed E-state index contributed by atoms with van der Waals surface area (Å²) in [6.45, 7) is 1.26. The maximum atomic E-state index is 13.6. The molecule has 0 saturated heterocycles. The standard InChI is InChI=1S/C21H26FN3O2.HI/c1-23-20(24-13-15-6-4-9-18(26-2)19(15)27-3)25-14-21(10-11-21)16-7-5-8-17(22)12-16;/h4-9,12H,10-11,13-14H2,1-3H3,(H2,23,24,25);1H. The number of methoxy groups -OCH3 is 2. The van der Waals surface area contributed by atoms with Crippen molar-refractivity contribution in [3.8, 4) is 11.5 Å². The summed E-state index contributed by atoms with van der Waals surface area (Å²) in [6, 6.07) is 12.7. The molecule has 28 heavy (non-hydrogen) atoms. The number of benzene rings is 2. The van der Waals surface area contributed by atoms with Crippen LogP contribution in [0.2, 0.25) is 0 Å². The van der Waals surface area contributed by atoms with Gasteiger partial charge in [0.15, 0.2) is 17.5 Å². The highest BCUT2D eigenvalue weighted by Gasteiger charge is 2.44. The number of halogens is 2. The van der Waals surface area contributed by atoms with E-state index in [0.29, 0.717) is 30.5 Å². The Morgan fingerprint density at radius 1 is 1.11 bits per heavy atom. The minimum absolute atomic E-state index is 0. The molecular formula is C21H27FIN3O2. The molecule has 1 fully saturated rings. The van der Waals surface area contributed by atoms with E-state index in [4.69, 9.17) is 9.47 Å². The maximum absolute atomic E-state index is 13.6. The Hall–Kier alpha value is -2.03. The number of para-hydroxylation sites is 1. The zero-order chi connectivity index (χ0) is 19.3. The Bertz CT molecular complexity index is 825. The zero-order valence-electron chi connectivity index (χ0n) is 16.4. The van der Waals surface area contributed by atoms with Crippen molar-refractivity contribution >= 4 is 29.9 Å². The molecule has 0 amide bonds. The molecule has 3 rings (SSSR count). The molecule has 0 spiro atoms. The first-order valence-electron chi connectivity index (χ1n) is 9.02. The van der Waals surface area contributed by atoms with Crippen LogP contribution >= 0.6 is 24.0 Å². The van der Waals surface area contributed by atoms with Gasteiger partial charge in [-0.3, -0.25) is 4.99 Å². The summed E-state index contributed by atoms with van der Waals surface area (Å²) in [5.41, 5.74) is 2.01. The third-order valence-corrected chi connectivity index (χ3v) is 5.04. The van der Waals surface area contributed by atoms with Gasteiger partial charge in [0.1, 0.15) is 5.82 Å². The van der Waals surface area contributed by atoms with Gasteiger partial charge in [0, 0.05) is 31.1 Å². The Labute approximate surface area is 182 Å². The quantitative estimate of drug-likeness (QED) is 0.345. The fraction of sp³-hybridized carbons (Fsp3) is 0.381. The summed E-state index contributed by atoms with van der Waals surface area (Å²) in [5.74, 6) is 1.91. The van der Waals surface area contributed by atoms with Gasteiger partial charge in [-0.15, -0.1) is 24.0 Å². The van der Waals surface area contributed by atoms with Crippen LogP contribution in [0.15, 0.2) is 47.5 Å². The second-order valence-corrected chi connectivity index (χ2v) is 6.72. The van der Waals surface area contributed by atoms with Crippen LogP contribution in [0.25, 0.3) is 0 Å². The molecule has 2 aromatic rings. The molecule has 0 radical (unpaired) electrons. The van der Waals surface area contributed by atoms with Crippen molar-refractivity contribution in [3.63, 3.8) is 0 Å². The Balaban J connectivity index is 0.00000280. The van der Waals surface area contributed by atoms with Gasteiger partial charge in [0.05, 0.1) is 14.2 Å². The zero-order valence-corrected chi connectivity index (χ0v) is 18.8. The van der Waals surface area contributed by atoms with E-state index in [-0.39, 0.29) is 35.2 Å². The number of guanidine groups is 1. The number of ether oxygens (including phenoxy) is 2. The smallest absolute Gasteiger partial charge is 0.191 e. The fourth-order valence-electron chi connectivity index (χ4n) is 3.28. The van der Waals surface area contributed by atoms with Gasteiger partial charge in [-0.05, 0) is 36.6 Å². The average Bonchev–Trinajstić information content (AvgIpc) is 3.49. The van der Waals surface area contributed by atoms with Crippen LogP contribution in [0.4, 0.5) is 4.39 Å². The summed E-state index contributed by atoms with van der Waals surface area (Å²) in [5, 5.41) is 6.68. The van der Waals surface area contributed by atoms with E-state index in [2.05, 4.69) is 15.6 Å². The topological polar surface area (TPSA) is 54.9 Å². The van der Waals surface area contributed by atoms with E-state index in [0.717, 1.165) is 24.0 Å². The van der Waals surface area contributed by atoms with Crippen LogP contribution < -0.4 is 20.1 Å². The van der Waals surface area contributed by atoms with E-state index >= 15 is 0 Å². The van der Waals surface area contributed by atoms with Crippen molar-refractivity contribution in [3.05, 3.63) is 59.4 Å². The first kappa shape index (κ1) is 22.3. The lowest BCUT2D eigenvalue weighted by Crippen LogP contribution is -2.41. The number of aliphatic imine (C=N–C) groups is 1. The third kappa shape index (κ3) is 5.06. The normalized spacial score (nSPS) is 14.6. The Morgan fingerprint density at radius 3 is 2.46 bits per heavy atom. The number of rotatable bonds is 7. The lowest BCUT2D eigenvalue weighted by Gasteiger charge is -2.20. The van der Waals surface area contributed by atoms with Gasteiger partial charge in [0.2, 0.25) is 0 Å². The predicted molar refractivity (Wildman–Crippen MR) is 120 cm³/mol. The van der Waals surface area contributed by atoms with Crippen molar-refractivity contribution in [1.82, 2.24) is 10.6 Å². The first-order chi connectivity index (χ1) is 13.1. The molecule has 0 unspecified atom stereocenters. The van der Waals surface area contributed by atoms with Crippen molar-refractivity contribution in [2.45, 2.75) is 24.8 Å². The minimum Gasteiger partial charge on any atom is -0.493 e. The van der Waals surface area contributed by atoms with E-state index < -0.39 is 0 Å². The molecule has 0 heterocycles. The fourth-order valence-corrected chi connectivity index (χ4v) is 3.28. The van der Waals surface area contributed by atoms with Gasteiger partial charge in [-0.1, -0.05) is 24.3 Å². The van der Waals surface area contributed by atoms with E-state index in [1.165, 1.54) is 6.07 Å². The second kappa shape index (κ2) is 9.95. The molecule has 5 nitrogen and oxygen atoms in total. The van der Waals surface area contributed by atoms with Gasteiger partial charge < -0.3 is 20.1 Å². The highest BCUT2D eigenvalue weighted by atomic mass is 127. The van der Waals surface area contributed by atoms with Crippen LogP contribution in [0, 0.1) is 5.82 Å². The van der Waals surface area contributed by atoms with Crippen LogP contribution in [0.1, 0.15) is 24.0 Å².